The number of carbonyl (C=O) groups excluding carboxylic acids is 2. The second kappa shape index (κ2) is 41.8. The molecule has 6 N–H and O–H groups in total. The molecule has 5 aromatic carbocycles. The second-order valence-electron chi connectivity index (χ2n) is 28.7. The molecule has 0 spiro atoms. The number of nitriles is 1. The minimum Gasteiger partial charge on any atom is -0.481 e. The highest BCUT2D eigenvalue weighted by Gasteiger charge is 2.34. The van der Waals surface area contributed by atoms with Gasteiger partial charge in [-0.25, -0.2) is 72.9 Å². The summed E-state index contributed by atoms with van der Waals surface area (Å²) in [5, 5.41) is 49.2. The number of nitrogens with two attached hydrogens (primary N) is 2. The summed E-state index contributed by atoms with van der Waals surface area (Å²) < 4.78 is 155. The molecule has 0 aliphatic heterocycles. The van der Waals surface area contributed by atoms with Crippen LogP contribution in [0.1, 0.15) is 83.5 Å². The van der Waals surface area contributed by atoms with Crippen molar-refractivity contribution in [2.45, 2.75) is 67.0 Å². The van der Waals surface area contributed by atoms with Gasteiger partial charge in [-0.05, 0) is 186 Å². The second-order valence-corrected chi connectivity index (χ2v) is 28.7. The van der Waals surface area contributed by atoms with Gasteiger partial charge in [0.2, 0.25) is 17.8 Å². The number of benzene rings is 5. The Morgan fingerprint density at radius 3 is 1.00 bits per heavy atom. The molecule has 0 aliphatic rings. The number of rotatable bonds is 20. The monoisotopic (exact) mass is 1810 g/mol. The SMILES string of the molecule is COc1ccc(/C(=C\n2cnc(-c3cc(C)cc(C(F)(F)F)c3)n2)C(=O)O)cn1.Cc1cc(-c2ncn(/C=C(/C#N)c3cccnc3)n2)cc(C(F)(F)F)c1.Cc1cc(-c2ncn(/C=C(/C(=O)O)c3cccnc3)n2)cc(C(F)(F)F)c1.Cc1cc(C)cc(-c2ncn(/C=C(/C(N)=O)c3ccc(F)nc3)n2)c1.Cc1cc(C)cc(-c2ncn(/C=C(/C(N)=O)c3ccnc(F)c3)n2)c1. The van der Waals surface area contributed by atoms with E-state index in [9.17, 15) is 82.9 Å². The van der Waals surface area contributed by atoms with Gasteiger partial charge in [-0.15, -0.1) is 25.5 Å². The van der Waals surface area contributed by atoms with Crippen molar-refractivity contribution in [2.24, 2.45) is 11.5 Å². The van der Waals surface area contributed by atoms with Crippen molar-refractivity contribution in [1.82, 2.24) is 98.7 Å². The van der Waals surface area contributed by atoms with Crippen molar-refractivity contribution in [3.63, 3.8) is 0 Å². The van der Waals surface area contributed by atoms with Crippen molar-refractivity contribution < 1.29 is 82.4 Å². The van der Waals surface area contributed by atoms with Gasteiger partial charge in [0, 0.05) is 137 Å². The van der Waals surface area contributed by atoms with Crippen molar-refractivity contribution >= 4 is 82.6 Å². The van der Waals surface area contributed by atoms with Crippen LogP contribution in [0.25, 0.3) is 116 Å². The molecule has 132 heavy (non-hydrogen) atoms. The third-order valence-electron chi connectivity index (χ3n) is 18.2. The van der Waals surface area contributed by atoms with Gasteiger partial charge < -0.3 is 26.4 Å². The number of hydrogen-bond acceptors (Lipinski definition) is 21. The highest BCUT2D eigenvalue weighted by atomic mass is 19.4. The molecule has 0 saturated heterocycles. The first kappa shape index (κ1) is 95.3. The maximum atomic E-state index is 13.3. The summed E-state index contributed by atoms with van der Waals surface area (Å²) in [7, 11) is 1.43. The van der Waals surface area contributed by atoms with E-state index >= 15 is 0 Å². The Balaban J connectivity index is 0.000000159. The van der Waals surface area contributed by atoms with Gasteiger partial charge in [-0.2, -0.15) is 53.6 Å². The Kier molecular flexibility index (Phi) is 30.2. The molecule has 10 heterocycles. The lowest BCUT2D eigenvalue weighted by atomic mass is 10.1. The van der Waals surface area contributed by atoms with E-state index < -0.39 is 70.9 Å². The number of hydrogen-bond donors (Lipinski definition) is 4. The zero-order chi connectivity index (χ0) is 95.5. The molecule has 0 fully saturated rings. The molecule has 30 nitrogen and oxygen atoms in total. The van der Waals surface area contributed by atoms with Gasteiger partial charge in [-0.1, -0.05) is 46.5 Å². The van der Waals surface area contributed by atoms with Crippen LogP contribution in [0.4, 0.5) is 48.3 Å². The molecule has 2 amide bonds. The molecule has 15 rings (SSSR count). The highest BCUT2D eigenvalue weighted by Crippen LogP contribution is 2.37. The lowest BCUT2D eigenvalue weighted by Crippen LogP contribution is -2.14. The van der Waals surface area contributed by atoms with Crippen LogP contribution in [0.5, 0.6) is 5.88 Å². The third kappa shape index (κ3) is 26.2. The summed E-state index contributed by atoms with van der Waals surface area (Å²) in [6.07, 6.45) is 9.84. The van der Waals surface area contributed by atoms with Gasteiger partial charge in [0.25, 0.3) is 11.8 Å². The number of ether oxygens (including phenoxy) is 1. The standard InChI is InChI=1S/C19H15F3N4O3.C18H12F3N5.C18H13F3N4O2.2C18H16FN5O/c1-11-5-13(7-14(6-11)19(20,21)22)17-24-10-26(25-17)9-15(18(27)28)12-3-4-16(29-2)23-8-12;1-12-5-14(7-16(6-12)18(19,20)21)17-24-11-26(25-17)10-15(8-22)13-3-2-4-23-9-13;1-11-5-13(7-14(6-11)18(19,20)21)16-23-10-25(24-16)9-15(17(26)27)12-3-2-4-22-8-12;1-11-5-12(2)7-14(6-11)18-22-10-24(23-18)9-15(17(20)25)13-3-4-21-16(19)8-13;1-11-5-12(2)7-14(6-11)18-22-10-24(23-18)9-15(17(20)25)13-3-4-16(19)21-8-13/h3-10H,1-2H3,(H,27,28);2-7,9-11H,1H3;2-10H,1H3,(H,26,27);2*3-10H,1-2H3,(H2,20,25)/b15-9+;15-10-;3*15-9+. The van der Waals surface area contributed by atoms with Gasteiger partial charge in [0.05, 0.1) is 51.7 Å². The van der Waals surface area contributed by atoms with Gasteiger partial charge in [-0.3, -0.25) is 19.6 Å². The number of halogens is 11. The Hall–Kier alpha value is -17.4. The molecule has 0 unspecified atom stereocenters. The lowest BCUT2D eigenvalue weighted by molar-refractivity contribution is -0.138. The molecule has 15 aromatic rings. The maximum absolute atomic E-state index is 13.3. The minimum absolute atomic E-state index is 0.0352. The largest absolute Gasteiger partial charge is 0.481 e. The molecule has 0 bridgehead atoms. The number of carboxylic acids is 2. The quantitative estimate of drug-likeness (QED) is 0.0238. The number of aryl methyl sites for hydroxylation is 7. The molecule has 0 atom stereocenters. The maximum Gasteiger partial charge on any atom is 0.416 e. The van der Waals surface area contributed by atoms with E-state index in [0.717, 1.165) is 91.3 Å². The number of primary amides is 2. The summed E-state index contributed by atoms with van der Waals surface area (Å²) in [4.78, 5) is 85.9. The average molecular weight is 1810 g/mol. The van der Waals surface area contributed by atoms with Crippen molar-refractivity contribution in [1.29, 1.82) is 5.26 Å². The normalized spacial score (nSPS) is 11.9. The first-order valence-electron chi connectivity index (χ1n) is 38.5. The van der Waals surface area contributed by atoms with Crippen LogP contribution in [0.2, 0.25) is 0 Å². The smallest absolute Gasteiger partial charge is 0.416 e. The number of pyridine rings is 5. The predicted octanol–water partition coefficient (Wildman–Crippen LogP) is 16.9. The molecule has 0 saturated carbocycles. The van der Waals surface area contributed by atoms with Crippen molar-refractivity contribution in [3.8, 4) is 68.9 Å². The highest BCUT2D eigenvalue weighted by molar-refractivity contribution is 6.23. The number of amides is 2. The average Bonchev–Trinajstić information content (AvgIpc) is 1.68. The first-order valence-corrected chi connectivity index (χ1v) is 38.5. The van der Waals surface area contributed by atoms with Crippen molar-refractivity contribution in [3.05, 3.63) is 322 Å². The van der Waals surface area contributed by atoms with Crippen LogP contribution in [0.15, 0.2) is 227 Å². The van der Waals surface area contributed by atoms with E-state index in [0.29, 0.717) is 67.6 Å². The fraction of sp³-hybridized carbons (Fsp3) is 0.121. The minimum atomic E-state index is -4.50. The molecular formula is C91H72F11N23O7. The van der Waals surface area contributed by atoms with E-state index in [1.54, 1.807) is 50.4 Å². The van der Waals surface area contributed by atoms with Crippen molar-refractivity contribution in [2.75, 3.05) is 7.11 Å². The topological polar surface area (TPSA) is 412 Å². The van der Waals surface area contributed by atoms with Crippen LogP contribution in [-0.2, 0) is 37.7 Å². The molecule has 0 radical (unpaired) electrons. The fourth-order valence-corrected chi connectivity index (χ4v) is 12.5. The van der Waals surface area contributed by atoms with Crippen LogP contribution in [0, 0.1) is 71.7 Å². The summed E-state index contributed by atoms with van der Waals surface area (Å²) in [6, 6.07) is 39.5. The predicted molar refractivity (Wildman–Crippen MR) is 463 cm³/mol. The number of nitrogens with zero attached hydrogens (tertiary/aromatic N) is 21. The number of aromatic nitrogens is 20. The molecule has 670 valence electrons. The zero-order valence-electron chi connectivity index (χ0n) is 70.4. The number of aliphatic carboxylic acids is 2. The van der Waals surface area contributed by atoms with Crippen LogP contribution >= 0.6 is 0 Å². The molecular weight excluding hydrogens is 1740 g/mol. The zero-order valence-corrected chi connectivity index (χ0v) is 70.4. The van der Waals surface area contributed by atoms with E-state index in [1.807, 2.05) is 58.0 Å². The Labute approximate surface area is 742 Å². The van der Waals surface area contributed by atoms with Crippen LogP contribution in [-0.4, -0.2) is 140 Å². The van der Waals surface area contributed by atoms with Gasteiger partial charge in [0.15, 0.2) is 29.1 Å². The third-order valence-corrected chi connectivity index (χ3v) is 18.2. The lowest BCUT2D eigenvalue weighted by Gasteiger charge is -2.09. The van der Waals surface area contributed by atoms with Gasteiger partial charge in [0.1, 0.15) is 37.7 Å². The number of allylic oxidation sites excluding steroid dienone is 1. The number of carbonyl (C=O) groups is 4. The summed E-state index contributed by atoms with van der Waals surface area (Å²) >= 11 is 0. The van der Waals surface area contributed by atoms with Crippen LogP contribution < -0.4 is 16.2 Å². The Morgan fingerprint density at radius 2 is 0.689 bits per heavy atom. The Morgan fingerprint density at radius 1 is 0.364 bits per heavy atom. The summed E-state index contributed by atoms with van der Waals surface area (Å²) in [5.74, 6) is -3.53. The van der Waals surface area contributed by atoms with E-state index in [2.05, 4.69) is 87.5 Å². The first-order chi connectivity index (χ1) is 62.6. The van der Waals surface area contributed by atoms with Gasteiger partial charge >= 0.3 is 30.5 Å². The number of alkyl halides is 9. The molecule has 41 heteroatoms. The summed E-state index contributed by atoms with van der Waals surface area (Å²) in [6.45, 7) is 12.6. The fourth-order valence-electron chi connectivity index (χ4n) is 12.5. The van der Waals surface area contributed by atoms with E-state index in [1.165, 1.54) is 164 Å². The molecule has 10 aromatic heterocycles. The van der Waals surface area contributed by atoms with E-state index in [4.69, 9.17) is 16.2 Å². The van der Waals surface area contributed by atoms with E-state index in [-0.39, 0.29) is 56.5 Å². The Bertz CT molecular complexity index is 6890. The summed E-state index contributed by atoms with van der Waals surface area (Å²) in [5.41, 5.74) is 18.9. The number of methoxy groups -OCH3 is 1. The number of carboxylic acid groups (broad SMARTS) is 2. The molecule has 0 aliphatic carbocycles. The van der Waals surface area contributed by atoms with Crippen LogP contribution in [0.3, 0.4) is 0 Å².